The molecule has 20 N–H and O–H groups in total. The second-order valence-corrected chi connectivity index (χ2v) is 32.9. The molecule has 0 aromatic heterocycles. The van der Waals surface area contributed by atoms with Gasteiger partial charge in [0, 0.05) is 74.6 Å². The van der Waals surface area contributed by atoms with E-state index in [0.717, 1.165) is 13.0 Å². The summed E-state index contributed by atoms with van der Waals surface area (Å²) < 4.78 is 245. The Labute approximate surface area is 628 Å². The van der Waals surface area contributed by atoms with Crippen LogP contribution in [0.4, 0.5) is 0 Å². The van der Waals surface area contributed by atoms with Crippen LogP contribution in [-0.4, -0.2) is 247 Å². The number of nitrogens with two attached hydrogens (primary N) is 4. The highest BCUT2D eigenvalue weighted by Gasteiger charge is 2.25. The first-order valence-electron chi connectivity index (χ1n) is 33.4. The molecule has 3 aromatic carbocycles. The number of amides is 3. The van der Waals surface area contributed by atoms with Gasteiger partial charge in [0.25, 0.3) is 78.4 Å². The number of nitrogens with one attached hydrogen (secondary N) is 6. The van der Waals surface area contributed by atoms with E-state index in [1.165, 1.54) is 53.8 Å². The van der Waals surface area contributed by atoms with Crippen molar-refractivity contribution >= 4 is 78.4 Å². The van der Waals surface area contributed by atoms with Gasteiger partial charge in [-0.3, -0.25) is 41.7 Å². The Morgan fingerprint density at radius 2 is 0.657 bits per heavy atom. The van der Waals surface area contributed by atoms with Crippen molar-refractivity contribution < 1.29 is 135 Å². The number of hydrogen-bond donors (Lipinski definition) is 16. The van der Waals surface area contributed by atoms with E-state index in [2.05, 4.69) is 31.9 Å². The van der Waals surface area contributed by atoms with Crippen LogP contribution < -0.4 is 97.6 Å². The summed E-state index contributed by atoms with van der Waals surface area (Å²) in [6.45, 7) is 0.634. The minimum atomic E-state index is -4.41. The molecule has 0 bridgehead atoms. The average Bonchev–Trinajstić information content (AvgIpc) is 0.800. The van der Waals surface area contributed by atoms with Crippen LogP contribution in [0.2, 0.25) is 0 Å². The topological polar surface area (TPSA) is 640 Å². The number of benzene rings is 3. The predicted molar refractivity (Wildman–Crippen MR) is 394 cm³/mol. The fourth-order valence-electron chi connectivity index (χ4n) is 8.77. The molecule has 0 radical (unpaired) electrons. The quantitative estimate of drug-likeness (QED) is 0.0152. The van der Waals surface area contributed by atoms with E-state index in [1.54, 1.807) is 6.20 Å². The molecule has 3 aromatic rings. The lowest BCUT2D eigenvalue weighted by molar-refractivity contribution is 0.0943. The molecule has 0 spiro atoms. The second kappa shape index (κ2) is 47.6. The van der Waals surface area contributed by atoms with Gasteiger partial charge >= 0.3 is 0 Å². The molecule has 0 saturated heterocycles. The van der Waals surface area contributed by atoms with E-state index < -0.39 is 113 Å². The van der Waals surface area contributed by atoms with Gasteiger partial charge in [-0.1, -0.05) is 6.92 Å². The van der Waals surface area contributed by atoms with Crippen molar-refractivity contribution in [3.63, 3.8) is 0 Å². The normalized spacial score (nSPS) is 12.5. The van der Waals surface area contributed by atoms with E-state index >= 15 is 0 Å². The van der Waals surface area contributed by atoms with Crippen LogP contribution >= 0.6 is 0 Å². The number of hydrogen-bond acceptors (Lipinski definition) is 32. The highest BCUT2D eigenvalue weighted by molar-refractivity contribution is 7.86. The monoisotopic (exact) mass is 1660 g/mol. The van der Waals surface area contributed by atoms with Crippen LogP contribution in [0.1, 0.15) is 102 Å². The van der Waals surface area contributed by atoms with Gasteiger partial charge in [-0.05, 0) is 114 Å². The molecule has 0 fully saturated rings. The zero-order chi connectivity index (χ0) is 80.6. The maximum Gasteiger partial charge on any atom is 0.264 e. The summed E-state index contributed by atoms with van der Waals surface area (Å²) >= 11 is 0. The minimum Gasteiger partial charge on any atom is -0.489 e. The third kappa shape index (κ3) is 43.0. The first kappa shape index (κ1) is 93.9. The average molecular weight is 1660 g/mol. The molecule has 0 aliphatic heterocycles. The Hall–Kier alpha value is -8.33. The van der Waals surface area contributed by atoms with Gasteiger partial charge in [0.05, 0.1) is 91.2 Å². The Morgan fingerprint density at radius 3 is 0.981 bits per heavy atom. The number of carbonyl (C=O) groups is 3. The maximum atomic E-state index is 13.7. The number of ether oxygens (including phenoxy) is 9. The smallest absolute Gasteiger partial charge is 0.264 e. The van der Waals surface area contributed by atoms with E-state index in [9.17, 15) is 92.2 Å². The van der Waals surface area contributed by atoms with E-state index in [4.69, 9.17) is 65.7 Å². The summed E-state index contributed by atoms with van der Waals surface area (Å²) in [4.78, 5) is 40.9. The van der Waals surface area contributed by atoms with E-state index in [1.807, 2.05) is 14.0 Å². The van der Waals surface area contributed by atoms with Gasteiger partial charge in [0.1, 0.15) is 19.8 Å². The van der Waals surface area contributed by atoms with Gasteiger partial charge in [-0.15, -0.1) is 0 Å². The van der Waals surface area contributed by atoms with E-state index in [0.29, 0.717) is 19.5 Å². The predicted octanol–water partition coefficient (Wildman–Crippen LogP) is -0.0921. The largest absolute Gasteiger partial charge is 0.489 e. The summed E-state index contributed by atoms with van der Waals surface area (Å²) in [5.74, 6) is -1.26. The summed E-state index contributed by atoms with van der Waals surface area (Å²) in [7, 11) is -24.6. The molecule has 108 heavy (non-hydrogen) atoms. The van der Waals surface area contributed by atoms with Crippen molar-refractivity contribution in [1.82, 2.24) is 36.9 Å². The molecule has 3 rings (SSSR count). The van der Waals surface area contributed by atoms with Crippen LogP contribution in [0.3, 0.4) is 0 Å². The fraction of sp³-hybridized carbons (Fsp3) is 0.557. The van der Waals surface area contributed by atoms with Crippen molar-refractivity contribution in [2.75, 3.05) is 147 Å². The van der Waals surface area contributed by atoms with Crippen molar-refractivity contribution in [3.8, 4) is 51.7 Å². The van der Waals surface area contributed by atoms with Crippen LogP contribution in [0.15, 0.2) is 72.1 Å². The summed E-state index contributed by atoms with van der Waals surface area (Å²) in [5.41, 5.74) is 19.4. The molecule has 0 aliphatic carbocycles. The van der Waals surface area contributed by atoms with Crippen LogP contribution in [0, 0.1) is 0 Å². The zero-order valence-corrected chi connectivity index (χ0v) is 64.4. The number of hydrazine groups is 1. The van der Waals surface area contributed by atoms with E-state index in [-0.39, 0.29) is 223 Å². The SMILES string of the molecule is CCCNC(=O)c1cc(OC/C(N)=C/NCCCNC)c(OC/C(N)=C/NCCCNC(=O)c2cc(OCCCS(=O)(=O)O)c(OCCCS(=O)(=O)O)c(OCCCS(=O)(=O)O)c2)c(OC/C(N)=C/N(N)CCCNC(=O)c2cc(OCCCS(=O)(=O)O)c(OCCCS(=O)(=O)O)c(OCCCS(=O)(=O)O)c2)c1. The van der Waals surface area contributed by atoms with Gasteiger partial charge in [-0.25, -0.2) is 5.84 Å². The molecule has 0 atom stereocenters. The summed E-state index contributed by atoms with van der Waals surface area (Å²) in [6, 6.07) is 7.59. The lowest BCUT2D eigenvalue weighted by atomic mass is 10.1. The third-order valence-electron chi connectivity index (χ3n) is 13.7. The van der Waals surface area contributed by atoms with Gasteiger partial charge in [-0.2, -0.15) is 50.5 Å². The van der Waals surface area contributed by atoms with Crippen LogP contribution in [-0.2, 0) is 60.7 Å². The Bertz CT molecular complexity index is 4070. The maximum absolute atomic E-state index is 13.7. The zero-order valence-electron chi connectivity index (χ0n) is 59.5. The molecule has 0 heterocycles. The fourth-order valence-corrected chi connectivity index (χ4v) is 11.7. The number of carbonyl (C=O) groups excluding carboxylic acids is 3. The van der Waals surface area contributed by atoms with Crippen LogP contribution in [0.25, 0.3) is 0 Å². The van der Waals surface area contributed by atoms with Gasteiger partial charge < -0.3 is 96.7 Å². The number of rotatable bonds is 59. The second-order valence-electron chi connectivity index (χ2n) is 23.4. The summed E-state index contributed by atoms with van der Waals surface area (Å²) in [5, 5.41) is 18.5. The molecule has 0 unspecified atom stereocenters. The summed E-state index contributed by atoms with van der Waals surface area (Å²) in [6.07, 6.45) is 4.66. The number of nitrogens with zero attached hydrogens (tertiary/aromatic N) is 1. The Balaban J connectivity index is 1.87. The van der Waals surface area contributed by atoms with Gasteiger partial charge in [0.15, 0.2) is 34.5 Å². The highest BCUT2D eigenvalue weighted by Crippen LogP contribution is 2.42. The Kier molecular flexibility index (Phi) is 41.3. The molecule has 41 nitrogen and oxygen atoms in total. The lowest BCUT2D eigenvalue weighted by Crippen LogP contribution is -2.32. The van der Waals surface area contributed by atoms with Crippen molar-refractivity contribution in [3.05, 3.63) is 88.8 Å². The third-order valence-corrected chi connectivity index (χ3v) is 18.5. The minimum absolute atomic E-state index is 0.0105. The van der Waals surface area contributed by atoms with Crippen molar-refractivity contribution in [2.24, 2.45) is 23.0 Å². The molecule has 614 valence electrons. The standard InChI is InChI=1S/C61H99N11O30S6/c1-3-13-69-59(73)46-36-54(100-41-47(62)38-67-15-4-14-66-2)58(102-42-48(63)39-68-16-5-17-70-60(74)44-32-50(94-20-7-26-103(76,77)78)56(98-24-11-30-107(88,89)90)51(33-44)95-21-8-27-104(79,80)81)55(37-46)101-43-49(64)40-72(65)19-6-18-71-61(75)45-34-52(96-22-9-28-105(82,83)84)57(99-25-12-31-108(91,92)93)53(35-45)97-23-10-29-106(85,86)87/h32-40,66-68H,3-31,41-43,62-65H2,1-2H3,(H,69,73)(H,70,74)(H,71,75)(H,76,77,78)(H,79,80,81)(H,82,83,84)(H,85,86,87)(H,88,89,90)(H,91,92,93)/b47-38-,48-39-,49-40-. The van der Waals surface area contributed by atoms with Crippen molar-refractivity contribution in [2.45, 2.75) is 71.1 Å². The molecule has 0 saturated carbocycles. The first-order chi connectivity index (χ1) is 50.6. The molecule has 0 aliphatic rings. The molecule has 3 amide bonds. The lowest BCUT2D eigenvalue weighted by Gasteiger charge is -2.20. The van der Waals surface area contributed by atoms with Crippen molar-refractivity contribution in [1.29, 1.82) is 0 Å². The molecule has 47 heteroatoms. The van der Waals surface area contributed by atoms with Gasteiger partial charge in [0.2, 0.25) is 17.2 Å². The van der Waals surface area contributed by atoms with Crippen LogP contribution in [0.5, 0.6) is 51.7 Å². The highest BCUT2D eigenvalue weighted by atomic mass is 32.2. The first-order valence-corrected chi connectivity index (χ1v) is 43.0. The molecular formula is C61H99N11O30S6. The Morgan fingerprint density at radius 1 is 0.380 bits per heavy atom. The molecular weight excluding hydrogens is 1560 g/mol.